The van der Waals surface area contributed by atoms with Crippen molar-refractivity contribution in [1.29, 1.82) is 0 Å². The van der Waals surface area contributed by atoms with Crippen molar-refractivity contribution < 1.29 is 9.53 Å². The zero-order valence-electron chi connectivity index (χ0n) is 18.0. The van der Waals surface area contributed by atoms with Crippen LogP contribution in [-0.2, 0) is 13.1 Å². The number of hydrogen-bond acceptors (Lipinski definition) is 5. The molecule has 2 heterocycles. The smallest absolute Gasteiger partial charge is 0.278 e. The summed E-state index contributed by atoms with van der Waals surface area (Å²) in [5.74, 6) is 0.582. The lowest BCUT2D eigenvalue weighted by molar-refractivity contribution is 0.0951. The quantitative estimate of drug-likeness (QED) is 0.484. The molecule has 0 aliphatic carbocycles. The van der Waals surface area contributed by atoms with Crippen LogP contribution in [0.4, 0.5) is 0 Å². The summed E-state index contributed by atoms with van der Waals surface area (Å²) in [4.78, 5) is 34.5. The van der Waals surface area contributed by atoms with Crippen molar-refractivity contribution in [3.8, 4) is 17.0 Å². The predicted octanol–water partition coefficient (Wildman–Crippen LogP) is 3.81. The van der Waals surface area contributed by atoms with Crippen LogP contribution < -0.4 is 15.6 Å². The molecule has 2 aromatic carbocycles. The molecule has 0 aliphatic heterocycles. The average Bonchev–Trinajstić information content (AvgIpc) is 2.84. The third kappa shape index (κ3) is 4.37. The average molecular weight is 428 g/mol. The van der Waals surface area contributed by atoms with E-state index in [1.54, 1.807) is 48.2 Å². The van der Waals surface area contributed by atoms with E-state index in [0.717, 1.165) is 17.7 Å². The molecule has 2 aromatic heterocycles. The number of aromatic nitrogens is 3. The summed E-state index contributed by atoms with van der Waals surface area (Å²) >= 11 is 0. The van der Waals surface area contributed by atoms with E-state index >= 15 is 0 Å². The van der Waals surface area contributed by atoms with Gasteiger partial charge in [0.05, 0.1) is 7.11 Å². The highest BCUT2D eigenvalue weighted by molar-refractivity contribution is 5.94. The van der Waals surface area contributed by atoms with Gasteiger partial charge in [-0.3, -0.25) is 14.2 Å². The summed E-state index contributed by atoms with van der Waals surface area (Å²) in [5.41, 5.74) is 3.56. The molecule has 1 N–H and O–H groups in total. The topological polar surface area (TPSA) is 86.1 Å². The first-order chi connectivity index (χ1) is 15.6. The van der Waals surface area contributed by atoms with Crippen LogP contribution in [-0.4, -0.2) is 27.6 Å². The molecule has 0 saturated heterocycles. The molecular formula is C25H24N4O3. The molecule has 7 nitrogen and oxygen atoms in total. The Hall–Kier alpha value is -4.00. The first-order valence-electron chi connectivity index (χ1n) is 10.5. The summed E-state index contributed by atoms with van der Waals surface area (Å²) in [6.07, 6.45) is 2.47. The van der Waals surface area contributed by atoms with Gasteiger partial charge in [-0.05, 0) is 48.4 Å². The first-order valence-corrected chi connectivity index (χ1v) is 10.5. The Morgan fingerprint density at radius 1 is 1.06 bits per heavy atom. The van der Waals surface area contributed by atoms with Crippen LogP contribution in [0.5, 0.6) is 5.75 Å². The number of hydrogen-bond donors (Lipinski definition) is 1. The van der Waals surface area contributed by atoms with E-state index in [1.165, 1.54) is 0 Å². The first kappa shape index (κ1) is 21.2. The molecule has 1 amide bonds. The van der Waals surface area contributed by atoms with Crippen LogP contribution in [0.25, 0.3) is 22.4 Å². The number of aryl methyl sites for hydroxylation is 1. The third-order valence-corrected chi connectivity index (χ3v) is 5.18. The summed E-state index contributed by atoms with van der Waals surface area (Å²) < 4.78 is 6.80. The summed E-state index contributed by atoms with van der Waals surface area (Å²) in [6.45, 7) is 2.99. The Morgan fingerprint density at radius 3 is 2.50 bits per heavy atom. The number of benzene rings is 2. The monoisotopic (exact) mass is 428 g/mol. The standard InChI is InChI=1S/C25H24N4O3/c1-3-15-29-23-21(5-4-14-26-23)28-22(25(29)31)18-8-10-19(11-9-18)24(30)27-16-17-6-12-20(32-2)13-7-17/h4-14H,3,15-16H2,1-2H3,(H,27,30). The number of ether oxygens (including phenoxy) is 1. The number of carbonyl (C=O) groups excluding carboxylic acids is 1. The summed E-state index contributed by atoms with van der Waals surface area (Å²) in [5, 5.41) is 2.90. The molecule has 4 aromatic rings. The number of carbonyl (C=O) groups is 1. The van der Waals surface area contributed by atoms with Crippen molar-refractivity contribution >= 4 is 17.1 Å². The molecule has 32 heavy (non-hydrogen) atoms. The number of pyridine rings is 1. The second-order valence-electron chi connectivity index (χ2n) is 7.37. The van der Waals surface area contributed by atoms with Crippen LogP contribution in [0.15, 0.2) is 71.7 Å². The fourth-order valence-corrected chi connectivity index (χ4v) is 3.50. The highest BCUT2D eigenvalue weighted by Crippen LogP contribution is 2.18. The number of nitrogens with one attached hydrogen (secondary N) is 1. The third-order valence-electron chi connectivity index (χ3n) is 5.18. The van der Waals surface area contributed by atoms with Gasteiger partial charge < -0.3 is 10.1 Å². The van der Waals surface area contributed by atoms with Gasteiger partial charge in [0.2, 0.25) is 0 Å². The maximum Gasteiger partial charge on any atom is 0.278 e. The fourth-order valence-electron chi connectivity index (χ4n) is 3.50. The predicted molar refractivity (Wildman–Crippen MR) is 124 cm³/mol. The van der Waals surface area contributed by atoms with E-state index in [2.05, 4.69) is 15.3 Å². The fraction of sp³-hybridized carbons (Fsp3) is 0.200. The van der Waals surface area contributed by atoms with Gasteiger partial charge in [0.1, 0.15) is 17.0 Å². The highest BCUT2D eigenvalue weighted by Gasteiger charge is 2.14. The summed E-state index contributed by atoms with van der Waals surface area (Å²) in [6, 6.07) is 18.1. The molecule has 0 aliphatic rings. The Kier molecular flexibility index (Phi) is 6.26. The van der Waals surface area contributed by atoms with Crippen molar-refractivity contribution in [3.63, 3.8) is 0 Å². The zero-order valence-corrected chi connectivity index (χ0v) is 18.0. The van der Waals surface area contributed by atoms with Crippen LogP contribution in [0, 0.1) is 0 Å². The van der Waals surface area contributed by atoms with Crippen molar-refractivity contribution in [2.75, 3.05) is 7.11 Å². The SMILES string of the molecule is CCCn1c(=O)c(-c2ccc(C(=O)NCc3ccc(OC)cc3)cc2)nc2cccnc21. The normalized spacial score (nSPS) is 10.8. The Labute approximate surface area is 185 Å². The molecule has 4 rings (SSSR count). The van der Waals surface area contributed by atoms with E-state index in [9.17, 15) is 9.59 Å². The van der Waals surface area contributed by atoms with Crippen LogP contribution in [0.2, 0.25) is 0 Å². The number of fused-ring (bicyclic) bond motifs is 1. The van der Waals surface area contributed by atoms with Gasteiger partial charge in [0.15, 0.2) is 5.65 Å². The van der Waals surface area contributed by atoms with E-state index in [4.69, 9.17) is 4.74 Å². The molecule has 7 heteroatoms. The lowest BCUT2D eigenvalue weighted by Gasteiger charge is -2.11. The van der Waals surface area contributed by atoms with E-state index in [-0.39, 0.29) is 11.5 Å². The largest absolute Gasteiger partial charge is 0.497 e. The van der Waals surface area contributed by atoms with Crippen LogP contribution in [0.1, 0.15) is 29.3 Å². The zero-order chi connectivity index (χ0) is 22.5. The van der Waals surface area contributed by atoms with E-state index < -0.39 is 0 Å². The molecule has 0 radical (unpaired) electrons. The minimum Gasteiger partial charge on any atom is -0.497 e. The van der Waals surface area contributed by atoms with Gasteiger partial charge in [0, 0.05) is 30.4 Å². The second kappa shape index (κ2) is 9.43. The maximum absolute atomic E-state index is 13.1. The molecule has 0 fully saturated rings. The number of nitrogens with zero attached hydrogens (tertiary/aromatic N) is 3. The van der Waals surface area contributed by atoms with Gasteiger partial charge in [-0.25, -0.2) is 9.97 Å². The minimum absolute atomic E-state index is 0.185. The van der Waals surface area contributed by atoms with Gasteiger partial charge >= 0.3 is 0 Å². The number of methoxy groups -OCH3 is 1. The molecule has 0 bridgehead atoms. The van der Waals surface area contributed by atoms with Gasteiger partial charge in [0.25, 0.3) is 11.5 Å². The van der Waals surface area contributed by atoms with Crippen molar-refractivity contribution in [1.82, 2.24) is 19.9 Å². The Bertz CT molecular complexity index is 1300. The lowest BCUT2D eigenvalue weighted by atomic mass is 10.1. The maximum atomic E-state index is 13.1. The minimum atomic E-state index is -0.188. The van der Waals surface area contributed by atoms with E-state index in [0.29, 0.717) is 41.1 Å². The molecule has 162 valence electrons. The van der Waals surface area contributed by atoms with Gasteiger partial charge in [-0.2, -0.15) is 0 Å². The van der Waals surface area contributed by atoms with Crippen molar-refractivity contribution in [2.45, 2.75) is 26.4 Å². The molecule has 0 atom stereocenters. The van der Waals surface area contributed by atoms with Crippen LogP contribution in [0.3, 0.4) is 0 Å². The Balaban J connectivity index is 1.55. The number of amides is 1. The molecule has 0 spiro atoms. The van der Waals surface area contributed by atoms with E-state index in [1.807, 2.05) is 37.3 Å². The highest BCUT2D eigenvalue weighted by atomic mass is 16.5. The van der Waals surface area contributed by atoms with Gasteiger partial charge in [-0.15, -0.1) is 0 Å². The Morgan fingerprint density at radius 2 is 1.81 bits per heavy atom. The number of rotatable bonds is 7. The second-order valence-corrected chi connectivity index (χ2v) is 7.37. The molecule has 0 unspecified atom stereocenters. The van der Waals surface area contributed by atoms with Crippen LogP contribution >= 0.6 is 0 Å². The van der Waals surface area contributed by atoms with Crippen molar-refractivity contribution in [2.24, 2.45) is 0 Å². The molecule has 0 saturated carbocycles. The van der Waals surface area contributed by atoms with Crippen molar-refractivity contribution in [3.05, 3.63) is 88.3 Å². The summed E-state index contributed by atoms with van der Waals surface area (Å²) in [7, 11) is 1.61. The molecular weight excluding hydrogens is 404 g/mol. The van der Waals surface area contributed by atoms with Gasteiger partial charge in [-0.1, -0.05) is 31.2 Å². The lowest BCUT2D eigenvalue weighted by Crippen LogP contribution is -2.24.